The molecule has 1 aromatic carbocycles. The van der Waals surface area contributed by atoms with Gasteiger partial charge in [0.2, 0.25) is 0 Å². The van der Waals surface area contributed by atoms with Crippen molar-refractivity contribution in [3.05, 3.63) is 60.6 Å². The second kappa shape index (κ2) is 4.97. The Morgan fingerprint density at radius 3 is 2.90 bits per heavy atom. The van der Waals surface area contributed by atoms with E-state index in [0.717, 1.165) is 16.6 Å². The number of aromatic nitrogens is 2. The Labute approximate surface area is 115 Å². The standard InChI is InChI=1S/C15H12N4O/c16-15(20)12-9-17-7-5-14(12)19-11-3-4-13-10(8-11)2-1-6-18-13/h1-9H,(H2,16,20)(H,17,19). The number of anilines is 2. The highest BCUT2D eigenvalue weighted by Crippen LogP contribution is 2.22. The molecule has 3 rings (SSSR count). The lowest BCUT2D eigenvalue weighted by molar-refractivity contribution is 0.100. The van der Waals surface area contributed by atoms with Crippen molar-refractivity contribution in [1.29, 1.82) is 0 Å². The summed E-state index contributed by atoms with van der Waals surface area (Å²) in [5.74, 6) is -0.511. The van der Waals surface area contributed by atoms with Crippen LogP contribution < -0.4 is 11.1 Å². The van der Waals surface area contributed by atoms with Crippen molar-refractivity contribution in [2.45, 2.75) is 0 Å². The first kappa shape index (κ1) is 12.1. The molecule has 0 saturated carbocycles. The van der Waals surface area contributed by atoms with Gasteiger partial charge in [0.1, 0.15) is 0 Å². The number of hydrogen-bond donors (Lipinski definition) is 2. The third kappa shape index (κ3) is 2.29. The van der Waals surface area contributed by atoms with Crippen molar-refractivity contribution in [3.8, 4) is 0 Å². The Kier molecular flexibility index (Phi) is 3.01. The van der Waals surface area contributed by atoms with Gasteiger partial charge in [-0.15, -0.1) is 0 Å². The van der Waals surface area contributed by atoms with Crippen LogP contribution in [-0.4, -0.2) is 15.9 Å². The van der Waals surface area contributed by atoms with Crippen molar-refractivity contribution in [2.24, 2.45) is 5.73 Å². The maximum atomic E-state index is 11.4. The van der Waals surface area contributed by atoms with Crippen molar-refractivity contribution >= 4 is 28.2 Å². The molecular weight excluding hydrogens is 252 g/mol. The molecule has 3 N–H and O–H groups in total. The zero-order chi connectivity index (χ0) is 13.9. The fraction of sp³-hybridized carbons (Fsp3) is 0. The molecule has 0 bridgehead atoms. The van der Waals surface area contributed by atoms with Gasteiger partial charge in [0.15, 0.2) is 0 Å². The van der Waals surface area contributed by atoms with Gasteiger partial charge in [-0.05, 0) is 30.3 Å². The zero-order valence-electron chi connectivity index (χ0n) is 10.6. The fourth-order valence-corrected chi connectivity index (χ4v) is 2.01. The summed E-state index contributed by atoms with van der Waals surface area (Å²) in [5, 5.41) is 4.20. The minimum Gasteiger partial charge on any atom is -0.365 e. The molecule has 0 unspecified atom stereocenters. The van der Waals surface area contributed by atoms with Gasteiger partial charge in [-0.3, -0.25) is 14.8 Å². The predicted octanol–water partition coefficient (Wildman–Crippen LogP) is 2.47. The second-order valence-corrected chi connectivity index (χ2v) is 4.32. The number of nitrogens with zero attached hydrogens (tertiary/aromatic N) is 2. The number of carbonyl (C=O) groups excluding carboxylic acids is 1. The largest absolute Gasteiger partial charge is 0.365 e. The van der Waals surface area contributed by atoms with Crippen LogP contribution in [0.25, 0.3) is 10.9 Å². The number of primary amides is 1. The Bertz CT molecular complexity index is 785. The van der Waals surface area contributed by atoms with Crippen LogP contribution in [0.15, 0.2) is 55.0 Å². The number of nitrogens with one attached hydrogen (secondary N) is 1. The van der Waals surface area contributed by atoms with Gasteiger partial charge in [0, 0.05) is 29.7 Å². The highest BCUT2D eigenvalue weighted by atomic mass is 16.1. The summed E-state index contributed by atoms with van der Waals surface area (Å²) >= 11 is 0. The van der Waals surface area contributed by atoms with Crippen molar-refractivity contribution in [3.63, 3.8) is 0 Å². The molecule has 2 aromatic heterocycles. The summed E-state index contributed by atoms with van der Waals surface area (Å²) in [4.78, 5) is 19.5. The van der Waals surface area contributed by atoms with Crippen LogP contribution >= 0.6 is 0 Å². The molecule has 0 aliphatic carbocycles. The number of carbonyl (C=O) groups is 1. The molecule has 5 nitrogen and oxygen atoms in total. The summed E-state index contributed by atoms with van der Waals surface area (Å²) in [6.07, 6.45) is 4.81. The molecule has 2 heterocycles. The monoisotopic (exact) mass is 264 g/mol. The topological polar surface area (TPSA) is 80.9 Å². The van der Waals surface area contributed by atoms with Crippen molar-refractivity contribution in [1.82, 2.24) is 9.97 Å². The van der Waals surface area contributed by atoms with E-state index in [0.29, 0.717) is 11.3 Å². The lowest BCUT2D eigenvalue weighted by Crippen LogP contribution is -2.13. The maximum Gasteiger partial charge on any atom is 0.252 e. The minimum absolute atomic E-state index is 0.360. The highest BCUT2D eigenvalue weighted by Gasteiger charge is 2.08. The van der Waals surface area contributed by atoms with Crippen LogP contribution in [0.4, 0.5) is 11.4 Å². The number of hydrogen-bond acceptors (Lipinski definition) is 4. The second-order valence-electron chi connectivity index (χ2n) is 4.32. The molecule has 20 heavy (non-hydrogen) atoms. The first-order valence-corrected chi connectivity index (χ1v) is 6.10. The molecule has 5 heteroatoms. The quantitative estimate of drug-likeness (QED) is 0.761. The number of rotatable bonds is 3. The van der Waals surface area contributed by atoms with Crippen molar-refractivity contribution < 1.29 is 4.79 Å². The molecule has 0 atom stereocenters. The number of benzene rings is 1. The molecular formula is C15H12N4O. The first-order valence-electron chi connectivity index (χ1n) is 6.10. The number of fused-ring (bicyclic) bond motifs is 1. The van der Waals surface area contributed by atoms with E-state index in [1.54, 1.807) is 18.5 Å². The number of pyridine rings is 2. The number of amides is 1. The third-order valence-corrected chi connectivity index (χ3v) is 2.97. The minimum atomic E-state index is -0.511. The summed E-state index contributed by atoms with van der Waals surface area (Å²) in [7, 11) is 0. The van der Waals surface area contributed by atoms with Gasteiger partial charge < -0.3 is 11.1 Å². The zero-order valence-corrected chi connectivity index (χ0v) is 10.6. The van der Waals surface area contributed by atoms with Crippen LogP contribution in [0.3, 0.4) is 0 Å². The van der Waals surface area contributed by atoms with E-state index in [4.69, 9.17) is 5.73 Å². The molecule has 98 valence electrons. The van der Waals surface area contributed by atoms with Gasteiger partial charge in [-0.1, -0.05) is 6.07 Å². The third-order valence-electron chi connectivity index (χ3n) is 2.97. The average Bonchev–Trinajstić information content (AvgIpc) is 2.47. The summed E-state index contributed by atoms with van der Waals surface area (Å²) in [5.41, 5.74) is 8.10. The Morgan fingerprint density at radius 2 is 2.05 bits per heavy atom. The number of nitrogens with two attached hydrogens (primary N) is 1. The molecule has 0 aliphatic heterocycles. The first-order chi connectivity index (χ1) is 9.74. The lowest BCUT2D eigenvalue weighted by Gasteiger charge is -2.10. The van der Waals surface area contributed by atoms with E-state index < -0.39 is 5.91 Å². The SMILES string of the molecule is NC(=O)c1cnccc1Nc1ccc2ncccc2c1. The van der Waals surface area contributed by atoms with Crippen LogP contribution in [0, 0.1) is 0 Å². The highest BCUT2D eigenvalue weighted by molar-refractivity contribution is 5.99. The maximum absolute atomic E-state index is 11.4. The molecule has 0 spiro atoms. The molecule has 0 aliphatic rings. The van der Waals surface area contributed by atoms with E-state index in [9.17, 15) is 4.79 Å². The molecule has 0 saturated heterocycles. The molecule has 3 aromatic rings. The lowest BCUT2D eigenvalue weighted by atomic mass is 10.1. The summed E-state index contributed by atoms with van der Waals surface area (Å²) in [6, 6.07) is 11.4. The van der Waals surface area contributed by atoms with E-state index in [2.05, 4.69) is 15.3 Å². The molecule has 1 amide bonds. The Morgan fingerprint density at radius 1 is 1.15 bits per heavy atom. The molecule has 0 fully saturated rings. The van der Waals surface area contributed by atoms with Gasteiger partial charge >= 0.3 is 0 Å². The van der Waals surface area contributed by atoms with Crippen LogP contribution in [0.5, 0.6) is 0 Å². The van der Waals surface area contributed by atoms with Gasteiger partial charge in [0.05, 0.1) is 16.8 Å². The van der Waals surface area contributed by atoms with E-state index >= 15 is 0 Å². The van der Waals surface area contributed by atoms with Gasteiger partial charge in [-0.25, -0.2) is 0 Å². The Balaban J connectivity index is 1.99. The van der Waals surface area contributed by atoms with Gasteiger partial charge in [-0.2, -0.15) is 0 Å². The normalized spacial score (nSPS) is 10.4. The van der Waals surface area contributed by atoms with E-state index in [1.165, 1.54) is 6.20 Å². The summed E-state index contributed by atoms with van der Waals surface area (Å²) in [6.45, 7) is 0. The van der Waals surface area contributed by atoms with Crippen LogP contribution in [-0.2, 0) is 0 Å². The molecule has 0 radical (unpaired) electrons. The predicted molar refractivity (Wildman–Crippen MR) is 77.8 cm³/mol. The van der Waals surface area contributed by atoms with Gasteiger partial charge in [0.25, 0.3) is 5.91 Å². The fourth-order valence-electron chi connectivity index (χ4n) is 2.01. The van der Waals surface area contributed by atoms with E-state index in [1.807, 2.05) is 30.3 Å². The summed E-state index contributed by atoms with van der Waals surface area (Å²) < 4.78 is 0. The Hall–Kier alpha value is -2.95. The van der Waals surface area contributed by atoms with Crippen molar-refractivity contribution in [2.75, 3.05) is 5.32 Å². The van der Waals surface area contributed by atoms with E-state index in [-0.39, 0.29) is 0 Å². The van der Waals surface area contributed by atoms with Crippen LogP contribution in [0.1, 0.15) is 10.4 Å². The van der Waals surface area contributed by atoms with Crippen LogP contribution in [0.2, 0.25) is 0 Å². The average molecular weight is 264 g/mol. The smallest absolute Gasteiger partial charge is 0.252 e.